The minimum absolute atomic E-state index is 0.00546. The molecule has 0 radical (unpaired) electrons. The average Bonchev–Trinajstić information content (AvgIpc) is 3.28. The fraction of sp³-hybridized carbons (Fsp3) is 0.280. The topological polar surface area (TPSA) is 72.8 Å². The molecule has 0 saturated carbocycles. The van der Waals surface area contributed by atoms with E-state index in [0.717, 1.165) is 12.8 Å². The summed E-state index contributed by atoms with van der Waals surface area (Å²) in [6.45, 7) is 0.643. The van der Waals surface area contributed by atoms with Gasteiger partial charge in [-0.25, -0.2) is 4.79 Å². The van der Waals surface area contributed by atoms with Gasteiger partial charge < -0.3 is 14.6 Å². The maximum Gasteiger partial charge on any atom is 0.343 e. The van der Waals surface area contributed by atoms with E-state index in [1.807, 2.05) is 0 Å². The molecule has 0 amide bonds. The van der Waals surface area contributed by atoms with Crippen molar-refractivity contribution in [2.75, 3.05) is 6.61 Å². The molecular weight excluding hydrogens is 380 g/mol. The van der Waals surface area contributed by atoms with Gasteiger partial charge in [0.25, 0.3) is 0 Å². The number of carbonyl (C=O) groups excluding carboxylic acids is 2. The molecule has 5 nitrogen and oxygen atoms in total. The first kappa shape index (κ1) is 21.4. The lowest BCUT2D eigenvalue weighted by Crippen LogP contribution is -2.08. The molecule has 0 spiro atoms. The lowest BCUT2D eigenvalue weighted by molar-refractivity contribution is 0.0729. The summed E-state index contributed by atoms with van der Waals surface area (Å²) in [4.78, 5) is 22.9. The number of allylic oxidation sites excluding steroid dienone is 4. The highest BCUT2D eigenvalue weighted by molar-refractivity contribution is 5.91. The van der Waals surface area contributed by atoms with Gasteiger partial charge in [-0.2, -0.15) is 0 Å². The molecule has 0 bridgehead atoms. The standard InChI is InChI=1S/C25H26O5/c26-18-20-10-15-24(23(27)17-20)30-25(28)21-11-13-22(14-12-21)29-16-6-2-1-3-7-19-8-4-5-9-19/h4-5,8-15,17-19,27H,1-3,6-7,16H2. The van der Waals surface area contributed by atoms with Crippen LogP contribution in [-0.2, 0) is 0 Å². The van der Waals surface area contributed by atoms with Crippen LogP contribution < -0.4 is 9.47 Å². The average molecular weight is 406 g/mol. The van der Waals surface area contributed by atoms with Crippen molar-refractivity contribution >= 4 is 12.3 Å². The minimum Gasteiger partial charge on any atom is -0.504 e. The van der Waals surface area contributed by atoms with Crippen LogP contribution in [0, 0.1) is 5.92 Å². The zero-order valence-corrected chi connectivity index (χ0v) is 16.8. The van der Waals surface area contributed by atoms with Crippen molar-refractivity contribution in [1.29, 1.82) is 0 Å². The number of aromatic hydroxyl groups is 1. The van der Waals surface area contributed by atoms with Crippen LogP contribution in [-0.4, -0.2) is 24.0 Å². The number of esters is 1. The molecule has 3 rings (SSSR count). The summed E-state index contributed by atoms with van der Waals surface area (Å²) < 4.78 is 10.9. The van der Waals surface area contributed by atoms with E-state index in [4.69, 9.17) is 9.47 Å². The number of hydrogen-bond acceptors (Lipinski definition) is 5. The first-order chi connectivity index (χ1) is 14.7. The number of unbranched alkanes of at least 4 members (excludes halogenated alkanes) is 3. The fourth-order valence-corrected chi connectivity index (χ4v) is 3.24. The normalized spacial score (nSPS) is 12.8. The predicted octanol–water partition coefficient (Wildman–Crippen LogP) is 5.50. The first-order valence-electron chi connectivity index (χ1n) is 10.2. The van der Waals surface area contributed by atoms with Gasteiger partial charge in [0.05, 0.1) is 12.2 Å². The fourth-order valence-electron chi connectivity index (χ4n) is 3.24. The lowest BCUT2D eigenvalue weighted by Gasteiger charge is -2.09. The van der Waals surface area contributed by atoms with Gasteiger partial charge in [-0.1, -0.05) is 43.6 Å². The van der Waals surface area contributed by atoms with Crippen molar-refractivity contribution in [1.82, 2.24) is 0 Å². The van der Waals surface area contributed by atoms with E-state index in [1.165, 1.54) is 37.5 Å². The molecule has 0 fully saturated rings. The van der Waals surface area contributed by atoms with Gasteiger partial charge in [0.1, 0.15) is 12.0 Å². The molecular formula is C25H26O5. The van der Waals surface area contributed by atoms with Gasteiger partial charge in [-0.05, 0) is 61.2 Å². The number of ether oxygens (including phenoxy) is 2. The molecule has 1 aliphatic carbocycles. The molecule has 30 heavy (non-hydrogen) atoms. The summed E-state index contributed by atoms with van der Waals surface area (Å²) in [5, 5.41) is 9.83. The van der Waals surface area contributed by atoms with Crippen molar-refractivity contribution in [3.63, 3.8) is 0 Å². The zero-order chi connectivity index (χ0) is 21.2. The predicted molar refractivity (Wildman–Crippen MR) is 115 cm³/mol. The van der Waals surface area contributed by atoms with E-state index < -0.39 is 5.97 Å². The molecule has 0 aromatic heterocycles. The Morgan fingerprint density at radius 2 is 1.70 bits per heavy atom. The number of phenolic OH excluding ortho intramolecular Hbond substituents is 1. The molecule has 1 aliphatic rings. The second-order valence-electron chi connectivity index (χ2n) is 7.24. The third-order valence-electron chi connectivity index (χ3n) is 4.94. The Balaban J connectivity index is 1.36. The Morgan fingerprint density at radius 1 is 0.967 bits per heavy atom. The number of hydrogen-bond donors (Lipinski definition) is 1. The Bertz CT molecular complexity index is 900. The van der Waals surface area contributed by atoms with Crippen molar-refractivity contribution in [2.24, 2.45) is 5.92 Å². The highest BCUT2D eigenvalue weighted by Gasteiger charge is 2.12. The number of aldehydes is 1. The summed E-state index contributed by atoms with van der Waals surface area (Å²) in [5.41, 5.74) is 0.646. The van der Waals surface area contributed by atoms with Gasteiger partial charge in [0, 0.05) is 5.56 Å². The summed E-state index contributed by atoms with van der Waals surface area (Å²) >= 11 is 0. The Morgan fingerprint density at radius 3 is 2.40 bits per heavy atom. The van der Waals surface area contributed by atoms with E-state index in [9.17, 15) is 14.7 Å². The highest BCUT2D eigenvalue weighted by Crippen LogP contribution is 2.27. The molecule has 0 unspecified atom stereocenters. The van der Waals surface area contributed by atoms with E-state index in [2.05, 4.69) is 24.3 Å². The molecule has 0 heterocycles. The minimum atomic E-state index is -0.595. The van der Waals surface area contributed by atoms with Gasteiger partial charge in [-0.3, -0.25) is 4.79 Å². The van der Waals surface area contributed by atoms with E-state index in [-0.39, 0.29) is 11.5 Å². The molecule has 1 N–H and O–H groups in total. The number of rotatable bonds is 11. The van der Waals surface area contributed by atoms with Crippen molar-refractivity contribution in [3.8, 4) is 17.2 Å². The van der Waals surface area contributed by atoms with Crippen LogP contribution in [0.3, 0.4) is 0 Å². The third-order valence-corrected chi connectivity index (χ3v) is 4.94. The van der Waals surface area contributed by atoms with Crippen molar-refractivity contribution < 1.29 is 24.2 Å². The maximum atomic E-state index is 12.2. The van der Waals surface area contributed by atoms with Gasteiger partial charge in [0.2, 0.25) is 0 Å². The Kier molecular flexibility index (Phi) is 7.84. The van der Waals surface area contributed by atoms with Crippen LogP contribution in [0.5, 0.6) is 17.2 Å². The van der Waals surface area contributed by atoms with E-state index in [0.29, 0.717) is 35.7 Å². The van der Waals surface area contributed by atoms with Gasteiger partial charge in [0.15, 0.2) is 11.5 Å². The summed E-state index contributed by atoms with van der Waals surface area (Å²) in [6.07, 6.45) is 15.1. The van der Waals surface area contributed by atoms with Crippen LogP contribution >= 0.6 is 0 Å². The van der Waals surface area contributed by atoms with Crippen LogP contribution in [0.2, 0.25) is 0 Å². The molecule has 0 saturated heterocycles. The van der Waals surface area contributed by atoms with Crippen LogP contribution in [0.25, 0.3) is 0 Å². The number of phenols is 1. The molecule has 2 aromatic rings. The SMILES string of the molecule is O=Cc1ccc(OC(=O)c2ccc(OCCCCCCC3C=CC=C3)cc2)c(O)c1. The third kappa shape index (κ3) is 6.34. The summed E-state index contributed by atoms with van der Waals surface area (Å²) in [7, 11) is 0. The molecule has 5 heteroatoms. The first-order valence-corrected chi connectivity index (χ1v) is 10.2. The van der Waals surface area contributed by atoms with Gasteiger partial charge in [-0.15, -0.1) is 0 Å². The monoisotopic (exact) mass is 406 g/mol. The second kappa shape index (κ2) is 11.0. The van der Waals surface area contributed by atoms with Crippen LogP contribution in [0.15, 0.2) is 66.8 Å². The smallest absolute Gasteiger partial charge is 0.343 e. The van der Waals surface area contributed by atoms with Gasteiger partial charge >= 0.3 is 5.97 Å². The Hall–Kier alpha value is -3.34. The van der Waals surface area contributed by atoms with E-state index in [1.54, 1.807) is 24.3 Å². The quantitative estimate of drug-likeness (QED) is 0.231. The van der Waals surface area contributed by atoms with E-state index >= 15 is 0 Å². The molecule has 0 aliphatic heterocycles. The summed E-state index contributed by atoms with van der Waals surface area (Å²) in [5.74, 6) is 0.467. The molecule has 2 aromatic carbocycles. The Labute approximate surface area is 176 Å². The lowest BCUT2D eigenvalue weighted by atomic mass is 10.0. The number of benzene rings is 2. The number of carbonyl (C=O) groups is 2. The molecule has 156 valence electrons. The molecule has 0 atom stereocenters. The van der Waals surface area contributed by atoms with Crippen molar-refractivity contribution in [3.05, 3.63) is 77.9 Å². The van der Waals surface area contributed by atoms with Crippen molar-refractivity contribution in [2.45, 2.75) is 32.1 Å². The summed E-state index contributed by atoms with van der Waals surface area (Å²) in [6, 6.07) is 10.8. The zero-order valence-electron chi connectivity index (χ0n) is 16.8. The van der Waals surface area contributed by atoms with Crippen LogP contribution in [0.1, 0.15) is 52.8 Å². The van der Waals surface area contributed by atoms with Crippen LogP contribution in [0.4, 0.5) is 0 Å². The maximum absolute atomic E-state index is 12.2. The second-order valence-corrected chi connectivity index (χ2v) is 7.24. The highest BCUT2D eigenvalue weighted by atomic mass is 16.5. The largest absolute Gasteiger partial charge is 0.504 e.